The summed E-state index contributed by atoms with van der Waals surface area (Å²) >= 11 is 0. The van der Waals surface area contributed by atoms with Gasteiger partial charge in [-0.1, -0.05) is 18.2 Å². The lowest BCUT2D eigenvalue weighted by atomic mass is 9.92. The van der Waals surface area contributed by atoms with Gasteiger partial charge in [0.25, 0.3) is 0 Å². The van der Waals surface area contributed by atoms with Crippen LogP contribution >= 0.6 is 0 Å². The summed E-state index contributed by atoms with van der Waals surface area (Å²) < 4.78 is 40.3. The average molecular weight is 402 g/mol. The first-order chi connectivity index (χ1) is 13.9. The van der Waals surface area contributed by atoms with Crippen molar-refractivity contribution in [2.24, 2.45) is 0 Å². The average Bonchev–Trinajstić information content (AvgIpc) is 3.12. The van der Waals surface area contributed by atoms with Crippen molar-refractivity contribution in [2.75, 3.05) is 20.1 Å². The predicted molar refractivity (Wildman–Crippen MR) is 104 cm³/mol. The van der Waals surface area contributed by atoms with E-state index in [1.165, 1.54) is 12.1 Å². The summed E-state index contributed by atoms with van der Waals surface area (Å²) in [6.07, 6.45) is -2.78. The number of carbonyl (C=O) groups excluding carboxylic acids is 1. The molecule has 2 aromatic carbocycles. The number of nitrogens with zero attached hydrogens (tertiary/aromatic N) is 3. The topological polar surface area (TPSA) is 50.2 Å². The molecule has 2 amide bonds. The fraction of sp³-hybridized carbons (Fsp3) is 0.333. The van der Waals surface area contributed by atoms with Gasteiger partial charge in [-0.2, -0.15) is 18.3 Å². The Kier molecular flexibility index (Phi) is 4.94. The van der Waals surface area contributed by atoms with Crippen LogP contribution in [0.2, 0.25) is 0 Å². The number of carbonyl (C=O) groups is 1. The molecule has 8 heteroatoms. The molecule has 0 spiro atoms. The number of hydrogen-bond acceptors (Lipinski definition) is 2. The lowest BCUT2D eigenvalue weighted by Gasteiger charge is -2.31. The van der Waals surface area contributed by atoms with Crippen LogP contribution in [0.4, 0.5) is 18.0 Å². The van der Waals surface area contributed by atoms with E-state index in [1.807, 2.05) is 24.3 Å². The van der Waals surface area contributed by atoms with Gasteiger partial charge in [0, 0.05) is 31.4 Å². The van der Waals surface area contributed by atoms with E-state index in [1.54, 1.807) is 16.6 Å². The first-order valence-electron chi connectivity index (χ1n) is 9.50. The van der Waals surface area contributed by atoms with Crippen LogP contribution in [0.5, 0.6) is 0 Å². The van der Waals surface area contributed by atoms with Crippen LogP contribution in [0.15, 0.2) is 48.5 Å². The van der Waals surface area contributed by atoms with E-state index in [2.05, 4.69) is 5.32 Å². The normalized spacial score (nSPS) is 15.7. The number of fused-ring (bicyclic) bond motifs is 1. The summed E-state index contributed by atoms with van der Waals surface area (Å²) in [4.78, 5) is 13.6. The number of likely N-dealkylation sites (tertiary alicyclic amines) is 1. The van der Waals surface area contributed by atoms with Crippen LogP contribution in [0, 0.1) is 0 Å². The van der Waals surface area contributed by atoms with Crippen LogP contribution in [-0.4, -0.2) is 40.8 Å². The van der Waals surface area contributed by atoms with E-state index in [9.17, 15) is 18.0 Å². The molecular weight excluding hydrogens is 381 g/mol. The summed E-state index contributed by atoms with van der Waals surface area (Å²) in [5, 5.41) is 8.42. The maximum absolute atomic E-state index is 12.9. The van der Waals surface area contributed by atoms with Gasteiger partial charge in [0.05, 0.1) is 22.5 Å². The van der Waals surface area contributed by atoms with Crippen molar-refractivity contribution in [1.82, 2.24) is 20.0 Å². The minimum absolute atomic E-state index is 0.0800. The van der Waals surface area contributed by atoms with Crippen molar-refractivity contribution in [2.45, 2.75) is 24.9 Å². The number of alkyl halides is 3. The number of para-hydroxylation sites is 1. The minimum Gasteiger partial charge on any atom is -0.341 e. The number of rotatable bonds is 2. The van der Waals surface area contributed by atoms with Gasteiger partial charge in [0.1, 0.15) is 0 Å². The van der Waals surface area contributed by atoms with E-state index >= 15 is 0 Å². The van der Waals surface area contributed by atoms with Crippen molar-refractivity contribution >= 4 is 16.9 Å². The molecule has 2 heterocycles. The highest BCUT2D eigenvalue weighted by atomic mass is 19.4. The summed E-state index contributed by atoms with van der Waals surface area (Å²) in [5.74, 6) is 0.191. The molecule has 0 radical (unpaired) electrons. The molecule has 1 saturated heterocycles. The molecule has 1 aliphatic rings. The van der Waals surface area contributed by atoms with E-state index in [0.717, 1.165) is 41.6 Å². The smallest absolute Gasteiger partial charge is 0.341 e. The highest BCUT2D eigenvalue weighted by Gasteiger charge is 2.30. The second-order valence-corrected chi connectivity index (χ2v) is 7.18. The van der Waals surface area contributed by atoms with E-state index < -0.39 is 11.7 Å². The molecule has 1 N–H and O–H groups in total. The molecule has 1 aliphatic heterocycles. The Bertz CT molecular complexity index is 1020. The molecule has 152 valence electrons. The second kappa shape index (κ2) is 7.42. The van der Waals surface area contributed by atoms with Gasteiger partial charge in [0.2, 0.25) is 0 Å². The molecule has 0 saturated carbocycles. The third kappa shape index (κ3) is 3.66. The van der Waals surface area contributed by atoms with Crippen LogP contribution in [0.1, 0.15) is 30.0 Å². The molecule has 0 aliphatic carbocycles. The number of amides is 2. The zero-order chi connectivity index (χ0) is 20.6. The Labute approximate surface area is 166 Å². The van der Waals surface area contributed by atoms with Gasteiger partial charge in [-0.3, -0.25) is 0 Å². The fourth-order valence-electron chi connectivity index (χ4n) is 3.89. The minimum atomic E-state index is -4.37. The molecule has 29 heavy (non-hydrogen) atoms. The quantitative estimate of drug-likeness (QED) is 0.683. The Balaban J connectivity index is 1.67. The summed E-state index contributed by atoms with van der Waals surface area (Å²) in [7, 11) is 1.62. The molecule has 5 nitrogen and oxygen atoms in total. The maximum Gasteiger partial charge on any atom is 0.416 e. The van der Waals surface area contributed by atoms with E-state index in [-0.39, 0.29) is 11.9 Å². The zero-order valence-corrected chi connectivity index (χ0v) is 15.9. The van der Waals surface area contributed by atoms with Crippen molar-refractivity contribution in [3.05, 3.63) is 59.8 Å². The van der Waals surface area contributed by atoms with Gasteiger partial charge in [-0.05, 0) is 43.2 Å². The van der Waals surface area contributed by atoms with Gasteiger partial charge in [-0.25, -0.2) is 9.48 Å². The highest BCUT2D eigenvalue weighted by molar-refractivity contribution is 5.84. The number of nitrogens with one attached hydrogen (secondary N) is 1. The zero-order valence-electron chi connectivity index (χ0n) is 15.9. The van der Waals surface area contributed by atoms with Crippen molar-refractivity contribution < 1.29 is 18.0 Å². The predicted octanol–water partition coefficient (Wildman–Crippen LogP) is 4.56. The van der Waals surface area contributed by atoms with Crippen LogP contribution in [-0.2, 0) is 6.18 Å². The second-order valence-electron chi connectivity index (χ2n) is 7.18. The lowest BCUT2D eigenvalue weighted by Crippen LogP contribution is -2.42. The van der Waals surface area contributed by atoms with Gasteiger partial charge >= 0.3 is 12.2 Å². The largest absolute Gasteiger partial charge is 0.416 e. The standard InChI is InChI=1S/C21H21F3N4O/c1-25-20(29)27-12-10-14(11-13-27)19-17-4-2-3-5-18(17)28(26-19)16-8-6-15(7-9-16)21(22,23)24/h2-9,14H,10-13H2,1H3,(H,25,29). The van der Waals surface area contributed by atoms with E-state index in [0.29, 0.717) is 18.8 Å². The van der Waals surface area contributed by atoms with E-state index in [4.69, 9.17) is 5.10 Å². The fourth-order valence-corrected chi connectivity index (χ4v) is 3.89. The number of benzene rings is 2. The molecule has 1 aromatic heterocycles. The van der Waals surface area contributed by atoms with Crippen molar-refractivity contribution in [3.63, 3.8) is 0 Å². The molecular formula is C21H21F3N4O. The highest BCUT2D eigenvalue weighted by Crippen LogP contribution is 2.34. The molecule has 0 atom stereocenters. The van der Waals surface area contributed by atoms with Gasteiger partial charge in [-0.15, -0.1) is 0 Å². The van der Waals surface area contributed by atoms with Crippen LogP contribution in [0.25, 0.3) is 16.6 Å². The Morgan fingerprint density at radius 1 is 1.07 bits per heavy atom. The lowest BCUT2D eigenvalue weighted by molar-refractivity contribution is -0.137. The molecule has 0 bridgehead atoms. The third-order valence-corrected chi connectivity index (χ3v) is 5.44. The SMILES string of the molecule is CNC(=O)N1CCC(c2nn(-c3ccc(C(F)(F)F)cc3)c3ccccc23)CC1. The molecule has 1 fully saturated rings. The van der Waals surface area contributed by atoms with Crippen molar-refractivity contribution in [1.29, 1.82) is 0 Å². The summed E-state index contributed by atoms with van der Waals surface area (Å²) in [5.41, 5.74) is 1.69. The number of aromatic nitrogens is 2. The Morgan fingerprint density at radius 2 is 1.72 bits per heavy atom. The molecule has 4 rings (SSSR count). The van der Waals surface area contributed by atoms with Crippen molar-refractivity contribution in [3.8, 4) is 5.69 Å². The number of piperidine rings is 1. The van der Waals surface area contributed by atoms with Gasteiger partial charge in [0.15, 0.2) is 0 Å². The first kappa shape index (κ1) is 19.3. The molecule has 0 unspecified atom stereocenters. The molecule has 3 aromatic rings. The third-order valence-electron chi connectivity index (χ3n) is 5.44. The first-order valence-corrected chi connectivity index (χ1v) is 9.50. The van der Waals surface area contributed by atoms with Gasteiger partial charge < -0.3 is 10.2 Å². The van der Waals surface area contributed by atoms with Crippen LogP contribution in [0.3, 0.4) is 0 Å². The maximum atomic E-state index is 12.9. The monoisotopic (exact) mass is 402 g/mol. The van der Waals surface area contributed by atoms with Crippen LogP contribution < -0.4 is 5.32 Å². The summed E-state index contributed by atoms with van der Waals surface area (Å²) in [6.45, 7) is 1.29. The number of halogens is 3. The Morgan fingerprint density at radius 3 is 2.34 bits per heavy atom. The number of hydrogen-bond donors (Lipinski definition) is 1. The Hall–Kier alpha value is -3.03. The summed E-state index contributed by atoms with van der Waals surface area (Å²) in [6, 6.07) is 12.7. The number of urea groups is 1.